The molecule has 0 spiro atoms. The molecule has 0 aromatic carbocycles. The smallest absolute Gasteiger partial charge is 0.292 e. The second kappa shape index (κ2) is 10.5. The van der Waals surface area contributed by atoms with Crippen molar-refractivity contribution >= 4 is 80.6 Å². The second-order valence-electron chi connectivity index (χ2n) is 17.0. The summed E-state index contributed by atoms with van der Waals surface area (Å²) in [5, 5.41) is 4.74. The van der Waals surface area contributed by atoms with E-state index in [9.17, 15) is 0 Å². The molecule has 0 unspecified atom stereocenters. The van der Waals surface area contributed by atoms with Crippen LogP contribution in [0.3, 0.4) is 0 Å². The van der Waals surface area contributed by atoms with Crippen molar-refractivity contribution in [1.82, 2.24) is 0 Å². The Labute approximate surface area is 241 Å². The van der Waals surface area contributed by atoms with Crippen LogP contribution in [0.25, 0.3) is 0 Å². The Morgan fingerprint density at radius 3 is 0.946 bits per heavy atom. The van der Waals surface area contributed by atoms with Gasteiger partial charge in [-0.1, -0.05) is 121 Å². The zero-order chi connectivity index (χ0) is 29.3. The van der Waals surface area contributed by atoms with E-state index in [2.05, 4.69) is 127 Å². The highest BCUT2D eigenvalue weighted by molar-refractivity contribution is 7.72. The Morgan fingerprint density at radius 1 is 0.486 bits per heavy atom. The van der Waals surface area contributed by atoms with Gasteiger partial charge in [0.15, 0.2) is 7.59 Å². The third-order valence-corrected chi connectivity index (χ3v) is 69.6. The quantitative estimate of drug-likeness (QED) is 0.215. The molecule has 3 nitrogen and oxygen atoms in total. The van der Waals surface area contributed by atoms with Gasteiger partial charge in [0.25, 0.3) is 0 Å². The molecule has 0 atom stereocenters. The van der Waals surface area contributed by atoms with Crippen molar-refractivity contribution in [3.8, 4) is 0 Å². The highest BCUT2D eigenvalue weighted by Gasteiger charge is 2.67. The van der Waals surface area contributed by atoms with Gasteiger partial charge in [-0.15, -0.1) is 0 Å². The summed E-state index contributed by atoms with van der Waals surface area (Å²) in [6.07, 6.45) is 0. The lowest BCUT2D eigenvalue weighted by atomic mass is 10.6. The minimum absolute atomic E-state index is 0.670. The van der Waals surface area contributed by atoms with Gasteiger partial charge in [-0.05, 0) is 42.3 Å². The van der Waals surface area contributed by atoms with Crippen molar-refractivity contribution in [3.05, 3.63) is 0 Å². The van der Waals surface area contributed by atoms with Crippen LogP contribution in [0.5, 0.6) is 0 Å². The Hall–Kier alpha value is 0.745. The van der Waals surface area contributed by atoms with Crippen LogP contribution in [-0.2, 0) is 0 Å². The maximum absolute atomic E-state index is 5.96. The molecule has 0 saturated carbocycles. The summed E-state index contributed by atoms with van der Waals surface area (Å²) in [6.45, 7) is 49.4. The van der Waals surface area contributed by atoms with Crippen molar-refractivity contribution in [2.45, 2.75) is 148 Å². The average molecular weight is 640 g/mol. The molecule has 3 aliphatic heterocycles. The van der Waals surface area contributed by atoms with Crippen LogP contribution in [0.2, 0.25) is 99.2 Å². The topological polar surface area (TPSA) is 37.1 Å². The average Bonchev–Trinajstić information content (AvgIpc) is 2.59. The Kier molecular flexibility index (Phi) is 9.67. The summed E-state index contributed by atoms with van der Waals surface area (Å²) >= 11 is 0. The minimum Gasteiger partial charge on any atom is -0.292 e. The Morgan fingerprint density at radius 2 is 0.730 bits per heavy atom. The minimum atomic E-state index is -2.50. The first-order chi connectivity index (χ1) is 16.3. The monoisotopic (exact) mass is 639 g/mol. The Balaban J connectivity index is 2.91. The third kappa shape index (κ3) is 6.03. The van der Waals surface area contributed by atoms with Gasteiger partial charge in [0.05, 0.1) is 8.31 Å². The summed E-state index contributed by atoms with van der Waals surface area (Å²) in [5.41, 5.74) is 1.41. The molecule has 0 aliphatic carbocycles. The van der Waals surface area contributed by atoms with E-state index in [1.165, 1.54) is 0 Å². The summed E-state index contributed by atoms with van der Waals surface area (Å²) in [7, 11) is -11.9. The summed E-state index contributed by atoms with van der Waals surface area (Å²) in [5.74, 6) is 0. The molecule has 37 heavy (non-hydrogen) atoms. The third-order valence-electron chi connectivity index (χ3n) is 8.75. The fraction of sp³-hybridized carbons (Fsp3) is 0.885. The molecule has 0 fully saturated rings. The van der Waals surface area contributed by atoms with E-state index < -0.39 is 64.6 Å². The van der Waals surface area contributed by atoms with Crippen LogP contribution in [0.1, 0.15) is 48.5 Å². The van der Waals surface area contributed by atoms with Crippen LogP contribution in [0.15, 0.2) is 14.0 Å². The van der Waals surface area contributed by atoms with Gasteiger partial charge in [0, 0.05) is 32.3 Å². The van der Waals surface area contributed by atoms with E-state index >= 15 is 0 Å². The fourth-order valence-electron chi connectivity index (χ4n) is 9.00. The highest BCUT2D eigenvalue weighted by Crippen LogP contribution is 2.49. The maximum atomic E-state index is 5.96. The van der Waals surface area contributed by atoms with E-state index in [-0.39, 0.29) is 0 Å². The first-order valence-corrected chi connectivity index (χ1v) is 38.2. The predicted octanol–water partition coefficient (Wildman–Crippen LogP) is 8.62. The number of hydrogen-bond donors (Lipinski definition) is 0. The molecule has 11 heteroatoms. The molecule has 0 aromatic heterocycles. The zero-order valence-corrected chi connectivity index (χ0v) is 36.2. The van der Waals surface area contributed by atoms with E-state index in [1.807, 2.05) is 0 Å². The highest BCUT2D eigenvalue weighted by atomic mass is 29.3. The molecule has 0 saturated heterocycles. The normalized spacial score (nSPS) is 25.7. The first-order valence-electron chi connectivity index (χ1n) is 14.7. The SMILES string of the molecule is CC1=N[Si]2([Si](C(C)C)C([Si](C)(C)C)[Si](C)(C)C)N=C(C)[Si]1([Si](C(C)C)C([Si](C)(C)C)[Si](C)(C)C)C(C)=N2. The largest absolute Gasteiger partial charge is 0.405 e. The summed E-state index contributed by atoms with van der Waals surface area (Å²) < 4.78 is 17.9. The standard InChI is InChI=1S/C26H61N3Si8/c1-20(2)30(25(32(8,9)10)33(11,12)13)36-22(5)27-37(28-23(36)6,29-24(36)7)31(21(3)4)26(34(14,15)16)35(17,18)19/h20-21,25-26H,1-19H3. The van der Waals surface area contributed by atoms with Crippen molar-refractivity contribution < 1.29 is 0 Å². The fourth-order valence-corrected chi connectivity index (χ4v) is 100.0. The predicted molar refractivity (Wildman–Crippen MR) is 193 cm³/mol. The zero-order valence-electron chi connectivity index (χ0n) is 28.2. The lowest BCUT2D eigenvalue weighted by molar-refractivity contribution is 1.03. The van der Waals surface area contributed by atoms with Crippen LogP contribution >= 0.6 is 0 Å². The van der Waals surface area contributed by atoms with Gasteiger partial charge in [0.2, 0.25) is 0 Å². The summed E-state index contributed by atoms with van der Waals surface area (Å²) in [6, 6.07) is 0. The molecule has 3 heterocycles. The van der Waals surface area contributed by atoms with E-state index in [0.717, 1.165) is 15.1 Å². The molecule has 212 valence electrons. The maximum Gasteiger partial charge on any atom is 0.405 e. The molecule has 2 bridgehead atoms. The van der Waals surface area contributed by atoms with Crippen LogP contribution in [0, 0.1) is 0 Å². The van der Waals surface area contributed by atoms with Crippen molar-refractivity contribution in [1.29, 1.82) is 0 Å². The molecule has 3 aliphatic rings. The number of nitrogens with zero attached hydrogens (tertiary/aromatic N) is 3. The lowest BCUT2D eigenvalue weighted by Gasteiger charge is -2.57. The van der Waals surface area contributed by atoms with Crippen molar-refractivity contribution in [2.24, 2.45) is 14.0 Å². The van der Waals surface area contributed by atoms with Crippen LogP contribution in [-0.4, -0.2) is 80.6 Å². The first kappa shape index (κ1) is 33.9. The van der Waals surface area contributed by atoms with Crippen molar-refractivity contribution in [2.75, 3.05) is 0 Å². The van der Waals surface area contributed by atoms with E-state index in [4.69, 9.17) is 14.0 Å². The van der Waals surface area contributed by atoms with Gasteiger partial charge in [-0.25, -0.2) is 0 Å². The van der Waals surface area contributed by atoms with E-state index in [0.29, 0.717) is 5.54 Å². The molecule has 2 radical (unpaired) electrons. The van der Waals surface area contributed by atoms with Crippen LogP contribution < -0.4 is 0 Å². The molecular formula is C26H61N3Si8. The van der Waals surface area contributed by atoms with Gasteiger partial charge in [-0.2, -0.15) is 0 Å². The van der Waals surface area contributed by atoms with Crippen LogP contribution in [0.4, 0.5) is 0 Å². The molecule has 0 amide bonds. The molecule has 0 aromatic rings. The number of rotatable bonds is 10. The molecular weight excluding hydrogens is 579 g/mol. The Bertz CT molecular complexity index is 877. The van der Waals surface area contributed by atoms with Gasteiger partial charge >= 0.3 is 8.08 Å². The van der Waals surface area contributed by atoms with E-state index in [1.54, 1.807) is 16.0 Å². The van der Waals surface area contributed by atoms with Gasteiger partial charge < -0.3 is 0 Å². The number of hydrogen-bond acceptors (Lipinski definition) is 3. The van der Waals surface area contributed by atoms with Crippen molar-refractivity contribution in [3.63, 3.8) is 0 Å². The molecule has 0 N–H and O–H groups in total. The lowest BCUT2D eigenvalue weighted by Crippen LogP contribution is -2.80. The molecule has 3 rings (SSSR count). The van der Waals surface area contributed by atoms with Gasteiger partial charge in [-0.3, -0.25) is 14.0 Å². The second-order valence-corrected chi connectivity index (χ2v) is 60.4. The van der Waals surface area contributed by atoms with Gasteiger partial charge in [0.1, 0.15) is 8.31 Å². The summed E-state index contributed by atoms with van der Waals surface area (Å²) in [4.78, 5) is 1.82.